The second kappa shape index (κ2) is 4.84. The third-order valence-corrected chi connectivity index (χ3v) is 4.53. The molecule has 1 aromatic carbocycles. The summed E-state index contributed by atoms with van der Waals surface area (Å²) in [5.74, 6) is 0.824. The molecule has 1 nitrogen and oxygen atoms in total. The van der Waals surface area contributed by atoms with Crippen LogP contribution in [0.4, 0.5) is 4.39 Å². The standard InChI is InChI=1S/C14H19FN.HI/c1-16(10-12-4-7-14(16)8-12)9-11-2-5-13(15)6-3-11;/h2-3,5-6,12,14H,4,7-10H2,1H3;1H/q+1;/p-1. The number of nitrogens with zero attached hydrogens (tertiary/aromatic N) is 1. The minimum absolute atomic E-state index is 0. The number of hydrogen-bond donors (Lipinski definition) is 0. The third-order valence-electron chi connectivity index (χ3n) is 4.53. The number of likely N-dealkylation sites (tertiary alicyclic amines) is 1. The van der Waals surface area contributed by atoms with E-state index in [9.17, 15) is 4.39 Å². The first-order valence-corrected chi connectivity index (χ1v) is 6.24. The molecule has 3 unspecified atom stereocenters. The van der Waals surface area contributed by atoms with Crippen LogP contribution in [0.5, 0.6) is 0 Å². The quantitative estimate of drug-likeness (QED) is 0.520. The number of halogens is 2. The highest BCUT2D eigenvalue weighted by Crippen LogP contribution is 2.42. The molecule has 0 amide bonds. The van der Waals surface area contributed by atoms with Crippen LogP contribution in [-0.4, -0.2) is 24.1 Å². The molecular formula is C14H19FIN. The normalized spacial score (nSPS) is 34.7. The molecule has 3 rings (SSSR count). The molecule has 1 saturated carbocycles. The lowest BCUT2D eigenvalue weighted by atomic mass is 10.1. The van der Waals surface area contributed by atoms with Gasteiger partial charge >= 0.3 is 0 Å². The van der Waals surface area contributed by atoms with E-state index in [-0.39, 0.29) is 29.8 Å². The summed E-state index contributed by atoms with van der Waals surface area (Å²) >= 11 is 0. The van der Waals surface area contributed by atoms with Gasteiger partial charge in [-0.1, -0.05) is 12.1 Å². The first kappa shape index (κ1) is 13.3. The second-order valence-electron chi connectivity index (χ2n) is 5.78. The summed E-state index contributed by atoms with van der Waals surface area (Å²) in [6.07, 6.45) is 4.24. The van der Waals surface area contributed by atoms with Gasteiger partial charge in [0.05, 0.1) is 19.6 Å². The van der Waals surface area contributed by atoms with Crippen molar-refractivity contribution in [3.63, 3.8) is 0 Å². The molecule has 0 radical (unpaired) electrons. The van der Waals surface area contributed by atoms with Crippen LogP contribution in [0.2, 0.25) is 0 Å². The fourth-order valence-electron chi connectivity index (χ4n) is 3.72. The van der Waals surface area contributed by atoms with E-state index in [1.807, 2.05) is 12.1 Å². The maximum Gasteiger partial charge on any atom is 0.123 e. The van der Waals surface area contributed by atoms with E-state index < -0.39 is 0 Å². The smallest absolute Gasteiger partial charge is 0.123 e. The van der Waals surface area contributed by atoms with Gasteiger partial charge < -0.3 is 28.5 Å². The summed E-state index contributed by atoms with van der Waals surface area (Å²) in [6, 6.07) is 7.89. The van der Waals surface area contributed by atoms with Crippen LogP contribution in [0.3, 0.4) is 0 Å². The van der Waals surface area contributed by atoms with Crippen LogP contribution >= 0.6 is 0 Å². The van der Waals surface area contributed by atoms with Gasteiger partial charge in [-0.05, 0) is 25.0 Å². The highest BCUT2D eigenvalue weighted by atomic mass is 127. The molecule has 2 aliphatic rings. The molecule has 0 N–H and O–H groups in total. The van der Waals surface area contributed by atoms with Gasteiger partial charge in [-0.3, -0.25) is 0 Å². The zero-order valence-corrected chi connectivity index (χ0v) is 12.4. The van der Waals surface area contributed by atoms with Crippen molar-refractivity contribution in [2.24, 2.45) is 5.92 Å². The van der Waals surface area contributed by atoms with Crippen molar-refractivity contribution in [2.45, 2.75) is 31.8 Å². The van der Waals surface area contributed by atoms with Gasteiger partial charge in [0, 0.05) is 17.9 Å². The number of piperidine rings is 1. The number of rotatable bonds is 2. The maximum atomic E-state index is 12.8. The Bertz CT molecular complexity index is 392. The largest absolute Gasteiger partial charge is 1.00 e. The summed E-state index contributed by atoms with van der Waals surface area (Å²) in [5, 5.41) is 0. The Morgan fingerprint density at radius 2 is 1.94 bits per heavy atom. The second-order valence-corrected chi connectivity index (χ2v) is 5.78. The Hall–Kier alpha value is -0.160. The highest BCUT2D eigenvalue weighted by molar-refractivity contribution is 5.15. The van der Waals surface area contributed by atoms with Crippen LogP contribution in [0, 0.1) is 11.7 Å². The van der Waals surface area contributed by atoms with E-state index >= 15 is 0 Å². The number of benzene rings is 1. The maximum absolute atomic E-state index is 12.8. The van der Waals surface area contributed by atoms with Crippen LogP contribution in [0.1, 0.15) is 24.8 Å². The van der Waals surface area contributed by atoms with E-state index in [0.29, 0.717) is 0 Å². The third kappa shape index (κ3) is 2.50. The lowest BCUT2D eigenvalue weighted by Gasteiger charge is -2.38. The molecular weight excluding hydrogens is 328 g/mol. The average Bonchev–Trinajstić information content (AvgIpc) is 2.81. The van der Waals surface area contributed by atoms with Crippen molar-refractivity contribution >= 4 is 0 Å². The molecule has 0 aromatic heterocycles. The minimum atomic E-state index is -0.130. The van der Waals surface area contributed by atoms with E-state index in [1.54, 1.807) is 12.1 Å². The van der Waals surface area contributed by atoms with Gasteiger partial charge in [-0.15, -0.1) is 0 Å². The number of fused-ring (bicyclic) bond motifs is 2. The summed E-state index contributed by atoms with van der Waals surface area (Å²) < 4.78 is 14.0. The topological polar surface area (TPSA) is 0 Å². The highest BCUT2D eigenvalue weighted by Gasteiger charge is 2.48. The fraction of sp³-hybridized carbons (Fsp3) is 0.571. The summed E-state index contributed by atoms with van der Waals surface area (Å²) in [6.45, 7) is 2.39. The lowest BCUT2D eigenvalue weighted by molar-refractivity contribution is -0.938. The van der Waals surface area contributed by atoms with Gasteiger partial charge in [-0.2, -0.15) is 0 Å². The molecule has 3 atom stereocenters. The molecule has 17 heavy (non-hydrogen) atoms. The van der Waals surface area contributed by atoms with Crippen LogP contribution in [0.15, 0.2) is 24.3 Å². The van der Waals surface area contributed by atoms with Crippen molar-refractivity contribution < 1.29 is 32.9 Å². The number of quaternary nitrogens is 1. The predicted molar refractivity (Wildman–Crippen MR) is 62.3 cm³/mol. The first-order chi connectivity index (χ1) is 7.66. The van der Waals surface area contributed by atoms with Crippen molar-refractivity contribution in [3.05, 3.63) is 35.6 Å². The van der Waals surface area contributed by atoms with Crippen LogP contribution in [0.25, 0.3) is 0 Å². The summed E-state index contributed by atoms with van der Waals surface area (Å²) in [7, 11) is 2.37. The van der Waals surface area contributed by atoms with Gasteiger partial charge in [0.15, 0.2) is 0 Å². The average molecular weight is 347 g/mol. The number of hydrogen-bond acceptors (Lipinski definition) is 0. The molecule has 1 aliphatic heterocycles. The molecule has 2 fully saturated rings. The molecule has 1 aromatic rings. The van der Waals surface area contributed by atoms with E-state index in [0.717, 1.165) is 18.5 Å². The Morgan fingerprint density at radius 3 is 2.47 bits per heavy atom. The van der Waals surface area contributed by atoms with Crippen molar-refractivity contribution in [1.29, 1.82) is 0 Å². The predicted octanol–water partition coefficient (Wildman–Crippen LogP) is -0.0414. The first-order valence-electron chi connectivity index (χ1n) is 6.24. The van der Waals surface area contributed by atoms with Crippen molar-refractivity contribution in [2.75, 3.05) is 13.6 Å². The molecule has 0 spiro atoms. The van der Waals surface area contributed by atoms with Crippen molar-refractivity contribution in [3.8, 4) is 0 Å². The molecule has 1 aliphatic carbocycles. The molecule has 1 saturated heterocycles. The summed E-state index contributed by atoms with van der Waals surface area (Å²) in [5.41, 5.74) is 1.27. The molecule has 3 heteroatoms. The Kier molecular flexibility index (Phi) is 3.78. The van der Waals surface area contributed by atoms with Gasteiger partial charge in [0.2, 0.25) is 0 Å². The van der Waals surface area contributed by atoms with E-state index in [4.69, 9.17) is 0 Å². The Balaban J connectivity index is 0.00000108. The monoisotopic (exact) mass is 347 g/mol. The SMILES string of the molecule is C[N+]1(Cc2ccc(F)cc2)CC2CCC1C2.[I-]. The minimum Gasteiger partial charge on any atom is -1.00 e. The Morgan fingerprint density at radius 1 is 1.24 bits per heavy atom. The molecule has 1 heterocycles. The van der Waals surface area contributed by atoms with Gasteiger partial charge in [0.25, 0.3) is 0 Å². The van der Waals surface area contributed by atoms with Gasteiger partial charge in [0.1, 0.15) is 12.4 Å². The lowest BCUT2D eigenvalue weighted by Crippen LogP contribution is -3.00. The van der Waals surface area contributed by atoms with Crippen LogP contribution < -0.4 is 24.0 Å². The Labute approximate surface area is 120 Å². The summed E-state index contributed by atoms with van der Waals surface area (Å²) in [4.78, 5) is 0. The van der Waals surface area contributed by atoms with E-state index in [1.165, 1.54) is 35.9 Å². The molecule has 2 bridgehead atoms. The fourth-order valence-corrected chi connectivity index (χ4v) is 3.72. The van der Waals surface area contributed by atoms with Gasteiger partial charge in [-0.25, -0.2) is 4.39 Å². The van der Waals surface area contributed by atoms with Crippen molar-refractivity contribution in [1.82, 2.24) is 0 Å². The van der Waals surface area contributed by atoms with Crippen LogP contribution in [-0.2, 0) is 6.54 Å². The van der Waals surface area contributed by atoms with E-state index in [2.05, 4.69) is 7.05 Å². The zero-order chi connectivity index (χ0) is 11.2. The molecule has 94 valence electrons. The zero-order valence-electron chi connectivity index (χ0n) is 10.2.